The van der Waals surface area contributed by atoms with Gasteiger partial charge in [0.1, 0.15) is 16.9 Å². The van der Waals surface area contributed by atoms with Crippen LogP contribution in [0.1, 0.15) is 13.8 Å². The molecule has 0 amide bonds. The minimum Gasteiger partial charge on any atom is -1.00 e. The number of halogens is 1. The van der Waals surface area contributed by atoms with Crippen LogP contribution in [0, 0.1) is 12.0 Å². The zero-order valence-electron chi connectivity index (χ0n) is 10.8. The van der Waals surface area contributed by atoms with E-state index in [0.29, 0.717) is 5.75 Å². The molecule has 95 valence electrons. The monoisotopic (exact) mass is 362 g/mol. The van der Waals surface area contributed by atoms with Crippen molar-refractivity contribution in [2.75, 3.05) is 7.11 Å². The number of para-hydroxylation sites is 1. The Kier molecular flexibility index (Phi) is 9.22. The molecular formula is C13H15BrO3Zn-. The summed E-state index contributed by atoms with van der Waals surface area (Å²) in [5, 5.41) is 0. The molecule has 0 heterocycles. The minimum atomic E-state index is -0.968. The van der Waals surface area contributed by atoms with Gasteiger partial charge in [0.25, 0.3) is 0 Å². The molecule has 0 aromatic heterocycles. The summed E-state index contributed by atoms with van der Waals surface area (Å²) in [6, 6.07) is 9.05. The Morgan fingerprint density at radius 2 is 1.72 bits per heavy atom. The molecule has 0 aliphatic rings. The summed E-state index contributed by atoms with van der Waals surface area (Å²) in [5.74, 6) is 0.281. The molecule has 18 heavy (non-hydrogen) atoms. The molecule has 0 fully saturated rings. The van der Waals surface area contributed by atoms with Gasteiger partial charge in [-0.3, -0.25) is 4.79 Å². The van der Waals surface area contributed by atoms with E-state index in [1.165, 1.54) is 7.11 Å². The normalized spacial score (nSPS) is 9.50. The molecule has 3 nitrogen and oxygen atoms in total. The van der Waals surface area contributed by atoms with Crippen molar-refractivity contribution in [2.24, 2.45) is 5.41 Å². The smallest absolute Gasteiger partial charge is 0.318 e. The first kappa shape index (κ1) is 19.7. The average molecular weight is 365 g/mol. The molecule has 0 atom stereocenters. The van der Waals surface area contributed by atoms with E-state index in [2.05, 4.69) is 4.74 Å². The number of rotatable bonds is 4. The maximum Gasteiger partial charge on any atom is 0.318 e. The van der Waals surface area contributed by atoms with Crippen molar-refractivity contribution in [1.29, 1.82) is 0 Å². The largest absolute Gasteiger partial charge is 1.00 e. The summed E-state index contributed by atoms with van der Waals surface area (Å²) in [4.78, 5) is 11.5. The van der Waals surface area contributed by atoms with Crippen LogP contribution < -0.4 is 21.7 Å². The fourth-order valence-electron chi connectivity index (χ4n) is 1.10. The van der Waals surface area contributed by atoms with Gasteiger partial charge in [-0.25, -0.2) is 0 Å². The Labute approximate surface area is 131 Å². The van der Waals surface area contributed by atoms with E-state index in [1.807, 2.05) is 18.2 Å². The molecule has 0 bridgehead atoms. The van der Waals surface area contributed by atoms with E-state index >= 15 is 0 Å². The molecule has 0 unspecified atom stereocenters. The van der Waals surface area contributed by atoms with Gasteiger partial charge in [0.2, 0.25) is 0 Å². The summed E-state index contributed by atoms with van der Waals surface area (Å²) >= 11 is 0. The average Bonchev–Trinajstić information content (AvgIpc) is 2.29. The number of benzene rings is 1. The van der Waals surface area contributed by atoms with Crippen LogP contribution in [0.3, 0.4) is 0 Å². The predicted octanol–water partition coefficient (Wildman–Crippen LogP) is -0.417. The van der Waals surface area contributed by atoms with Crippen LogP contribution in [-0.4, -0.2) is 13.1 Å². The molecule has 5 heteroatoms. The fourth-order valence-corrected chi connectivity index (χ4v) is 1.10. The zero-order chi connectivity index (χ0) is 12.2. The standard InChI is InChI=1S/C13H15O3.BrH.Zn/c1-10(13(2,3)12(14)15-4)16-11-8-6-5-7-9-11;;/h1,5-9H,2-4H3;1H;/p-1. The number of ether oxygens (including phenoxy) is 2. The number of esters is 1. The van der Waals surface area contributed by atoms with Crippen molar-refractivity contribution in [2.45, 2.75) is 13.8 Å². The van der Waals surface area contributed by atoms with Crippen molar-refractivity contribution in [3.63, 3.8) is 0 Å². The first-order chi connectivity index (χ1) is 7.48. The summed E-state index contributed by atoms with van der Waals surface area (Å²) in [6.07, 6.45) is 0. The van der Waals surface area contributed by atoms with E-state index in [-0.39, 0.29) is 42.2 Å². The van der Waals surface area contributed by atoms with Gasteiger partial charge in [-0.15, -0.1) is 0 Å². The molecule has 0 saturated carbocycles. The van der Waals surface area contributed by atoms with Crippen molar-refractivity contribution in [1.82, 2.24) is 0 Å². The second-order valence-electron chi connectivity index (χ2n) is 3.90. The minimum absolute atomic E-state index is 0. The number of hydrogen-bond donors (Lipinski definition) is 0. The summed E-state index contributed by atoms with van der Waals surface area (Å²) < 4.78 is 10.0. The molecule has 0 aliphatic carbocycles. The third-order valence-corrected chi connectivity index (χ3v) is 2.28. The van der Waals surface area contributed by atoms with Gasteiger partial charge in [0, 0.05) is 19.5 Å². The molecule has 1 radical (unpaired) electrons. The van der Waals surface area contributed by atoms with Gasteiger partial charge in [0.05, 0.1) is 7.11 Å². The quantitative estimate of drug-likeness (QED) is 0.414. The van der Waals surface area contributed by atoms with Gasteiger partial charge in [-0.1, -0.05) is 18.2 Å². The van der Waals surface area contributed by atoms with Gasteiger partial charge < -0.3 is 26.5 Å². The molecule has 0 N–H and O–H groups in total. The maximum absolute atomic E-state index is 11.5. The molecule has 0 spiro atoms. The summed E-state index contributed by atoms with van der Waals surface area (Å²) in [5.41, 5.74) is -0.968. The Morgan fingerprint density at radius 3 is 2.17 bits per heavy atom. The van der Waals surface area contributed by atoms with Gasteiger partial charge >= 0.3 is 5.97 Å². The van der Waals surface area contributed by atoms with E-state index in [0.717, 1.165) is 0 Å². The third-order valence-electron chi connectivity index (χ3n) is 2.28. The fraction of sp³-hybridized carbons (Fsp3) is 0.308. The Hall–Kier alpha value is -0.667. The van der Waals surface area contributed by atoms with Crippen molar-refractivity contribution < 1.29 is 50.7 Å². The molecular weight excluding hydrogens is 349 g/mol. The first-order valence-electron chi connectivity index (χ1n) is 4.92. The Balaban J connectivity index is 0. The molecule has 0 saturated heterocycles. The molecule has 1 rings (SSSR count). The van der Waals surface area contributed by atoms with Gasteiger partial charge in [0.15, 0.2) is 0 Å². The second kappa shape index (κ2) is 8.44. The Bertz CT molecular complexity index is 390. The molecule has 1 aromatic carbocycles. The van der Waals surface area contributed by atoms with E-state index in [4.69, 9.17) is 11.3 Å². The van der Waals surface area contributed by atoms with Crippen LogP contribution >= 0.6 is 0 Å². The van der Waals surface area contributed by atoms with Crippen LogP contribution in [-0.2, 0) is 29.0 Å². The van der Waals surface area contributed by atoms with Crippen molar-refractivity contribution in [3.05, 3.63) is 42.7 Å². The van der Waals surface area contributed by atoms with E-state index in [9.17, 15) is 4.79 Å². The van der Waals surface area contributed by atoms with Crippen LogP contribution in [0.15, 0.2) is 36.1 Å². The Morgan fingerprint density at radius 1 is 1.22 bits per heavy atom. The van der Waals surface area contributed by atoms with Crippen LogP contribution in [0.4, 0.5) is 0 Å². The molecule has 1 aromatic rings. The second-order valence-corrected chi connectivity index (χ2v) is 3.90. The molecule has 0 aliphatic heterocycles. The predicted molar refractivity (Wildman–Crippen MR) is 60.7 cm³/mol. The SMILES string of the molecule is [Br-].[CH]=C(Oc1ccccc1)C(C)(C)C(=O)OC.[Zn]. The first-order valence-corrected chi connectivity index (χ1v) is 4.92. The van der Waals surface area contributed by atoms with Crippen molar-refractivity contribution in [3.8, 4) is 5.75 Å². The zero-order valence-corrected chi connectivity index (χ0v) is 15.3. The number of methoxy groups -OCH3 is 1. The van der Waals surface area contributed by atoms with E-state index in [1.54, 1.807) is 26.0 Å². The van der Waals surface area contributed by atoms with Crippen LogP contribution in [0.5, 0.6) is 5.75 Å². The van der Waals surface area contributed by atoms with Gasteiger partial charge in [-0.05, 0) is 32.6 Å². The number of carbonyl (C=O) groups is 1. The van der Waals surface area contributed by atoms with Crippen LogP contribution in [0.25, 0.3) is 0 Å². The van der Waals surface area contributed by atoms with Crippen molar-refractivity contribution >= 4 is 5.97 Å². The third kappa shape index (κ3) is 4.91. The van der Waals surface area contributed by atoms with E-state index < -0.39 is 11.4 Å². The van der Waals surface area contributed by atoms with Gasteiger partial charge in [-0.2, -0.15) is 0 Å². The summed E-state index contributed by atoms with van der Waals surface area (Å²) in [6.45, 7) is 9.05. The number of carbonyl (C=O) groups excluding carboxylic acids is 1. The topological polar surface area (TPSA) is 35.5 Å². The number of hydrogen-bond acceptors (Lipinski definition) is 3. The summed E-state index contributed by atoms with van der Waals surface area (Å²) in [7, 11) is 1.32. The maximum atomic E-state index is 11.5. The van der Waals surface area contributed by atoms with Crippen LogP contribution in [0.2, 0.25) is 0 Å².